The molecule has 0 spiro atoms. The van der Waals surface area contributed by atoms with Crippen LogP contribution in [0.4, 0.5) is 11.4 Å². The molecular formula is C19H21N5O4S. The molecule has 9 nitrogen and oxygen atoms in total. The standard InChI is InChI=1S/C19H21N5O4S/c1-12-16(13(2)24-17(20-12)11-19(26)22-24)10-18(25)21-14-4-6-15(7-5-14)23-8-3-9-29(23,27)28/h4-7,11H,3,8-10H2,1-2H3,(H,21,25)(H,22,26). The molecule has 1 aliphatic heterocycles. The van der Waals surface area contributed by atoms with Crippen LogP contribution in [0.3, 0.4) is 0 Å². The van der Waals surface area contributed by atoms with E-state index in [0.29, 0.717) is 35.7 Å². The van der Waals surface area contributed by atoms with E-state index >= 15 is 0 Å². The third-order valence-corrected chi connectivity index (χ3v) is 6.95. The number of carbonyl (C=O) groups is 1. The van der Waals surface area contributed by atoms with E-state index < -0.39 is 10.0 Å². The minimum atomic E-state index is -3.23. The van der Waals surface area contributed by atoms with Crippen LogP contribution in [0.1, 0.15) is 23.4 Å². The summed E-state index contributed by atoms with van der Waals surface area (Å²) in [5, 5.41) is 5.49. The molecule has 3 aromatic rings. The second-order valence-corrected chi connectivity index (χ2v) is 9.10. The second-order valence-electron chi connectivity index (χ2n) is 7.09. The number of aryl methyl sites for hydroxylation is 2. The summed E-state index contributed by atoms with van der Waals surface area (Å²) in [5.74, 6) is -0.0664. The molecule has 1 aromatic carbocycles. The predicted octanol–water partition coefficient (Wildman–Crippen LogP) is 1.36. The molecule has 2 N–H and O–H groups in total. The molecule has 0 unspecified atom stereocenters. The first-order chi connectivity index (χ1) is 13.7. The lowest BCUT2D eigenvalue weighted by Crippen LogP contribution is -2.25. The molecule has 0 bridgehead atoms. The van der Waals surface area contributed by atoms with Gasteiger partial charge in [-0.1, -0.05) is 0 Å². The average molecular weight is 415 g/mol. The van der Waals surface area contributed by atoms with Gasteiger partial charge in [-0.15, -0.1) is 0 Å². The van der Waals surface area contributed by atoms with Gasteiger partial charge in [-0.2, -0.15) is 0 Å². The highest BCUT2D eigenvalue weighted by molar-refractivity contribution is 7.93. The largest absolute Gasteiger partial charge is 0.326 e. The monoisotopic (exact) mass is 415 g/mol. The summed E-state index contributed by atoms with van der Waals surface area (Å²) >= 11 is 0. The maximum Gasteiger partial charge on any atom is 0.266 e. The number of fused-ring (bicyclic) bond motifs is 1. The Morgan fingerprint density at radius 1 is 1.24 bits per heavy atom. The van der Waals surface area contributed by atoms with Gasteiger partial charge in [-0.05, 0) is 44.5 Å². The highest BCUT2D eigenvalue weighted by Crippen LogP contribution is 2.25. The Balaban J connectivity index is 1.50. The summed E-state index contributed by atoms with van der Waals surface area (Å²) in [4.78, 5) is 28.5. The molecule has 3 heterocycles. The van der Waals surface area contributed by atoms with Gasteiger partial charge in [0, 0.05) is 35.2 Å². The van der Waals surface area contributed by atoms with Crippen LogP contribution in [0, 0.1) is 13.8 Å². The molecule has 1 amide bonds. The van der Waals surface area contributed by atoms with Gasteiger partial charge in [0.15, 0.2) is 5.65 Å². The fraction of sp³-hybridized carbons (Fsp3) is 0.316. The number of aromatic nitrogens is 3. The van der Waals surface area contributed by atoms with Crippen molar-refractivity contribution in [3.05, 3.63) is 57.6 Å². The van der Waals surface area contributed by atoms with Gasteiger partial charge in [0.25, 0.3) is 5.56 Å². The number of aromatic amines is 1. The SMILES string of the molecule is Cc1nc2cc(=O)[nH]n2c(C)c1CC(=O)Nc1ccc(N2CCCS2(=O)=O)cc1. The van der Waals surface area contributed by atoms with Crippen LogP contribution in [0.5, 0.6) is 0 Å². The van der Waals surface area contributed by atoms with Crippen LogP contribution in [0.2, 0.25) is 0 Å². The number of nitrogens with zero attached hydrogens (tertiary/aromatic N) is 3. The third kappa shape index (κ3) is 3.63. The maximum absolute atomic E-state index is 12.5. The summed E-state index contributed by atoms with van der Waals surface area (Å²) in [5.41, 5.74) is 3.61. The summed E-state index contributed by atoms with van der Waals surface area (Å²) in [6.45, 7) is 4.10. The van der Waals surface area contributed by atoms with Crippen molar-refractivity contribution in [1.29, 1.82) is 0 Å². The van der Waals surface area contributed by atoms with Crippen molar-refractivity contribution in [2.24, 2.45) is 0 Å². The molecule has 0 atom stereocenters. The first kappa shape index (κ1) is 19.2. The van der Waals surface area contributed by atoms with E-state index in [4.69, 9.17) is 0 Å². The Morgan fingerprint density at radius 2 is 1.97 bits per heavy atom. The molecule has 0 radical (unpaired) electrons. The first-order valence-corrected chi connectivity index (χ1v) is 10.8. The molecule has 10 heteroatoms. The van der Waals surface area contributed by atoms with Crippen LogP contribution in [-0.4, -0.2) is 41.2 Å². The molecule has 2 aromatic heterocycles. The second kappa shape index (κ2) is 7.03. The number of H-pyrrole nitrogens is 1. The fourth-order valence-corrected chi connectivity index (χ4v) is 5.18. The van der Waals surface area contributed by atoms with Crippen LogP contribution < -0.4 is 15.2 Å². The highest BCUT2D eigenvalue weighted by Gasteiger charge is 2.28. The van der Waals surface area contributed by atoms with Crippen molar-refractivity contribution in [2.45, 2.75) is 26.7 Å². The zero-order valence-corrected chi connectivity index (χ0v) is 16.9. The smallest absolute Gasteiger partial charge is 0.266 e. The summed E-state index contributed by atoms with van der Waals surface area (Å²) < 4.78 is 27.0. The van der Waals surface area contributed by atoms with Gasteiger partial charge < -0.3 is 5.32 Å². The minimum absolute atomic E-state index is 0.100. The third-order valence-electron chi connectivity index (χ3n) is 5.08. The number of anilines is 2. The molecule has 4 rings (SSSR count). The Morgan fingerprint density at radius 3 is 2.62 bits per heavy atom. The summed E-state index contributed by atoms with van der Waals surface area (Å²) in [6, 6.07) is 8.16. The lowest BCUT2D eigenvalue weighted by molar-refractivity contribution is -0.115. The van der Waals surface area contributed by atoms with E-state index in [1.807, 2.05) is 6.92 Å². The fourth-order valence-electron chi connectivity index (χ4n) is 3.62. The van der Waals surface area contributed by atoms with E-state index in [9.17, 15) is 18.0 Å². The van der Waals surface area contributed by atoms with Crippen molar-refractivity contribution in [3.63, 3.8) is 0 Å². The number of amides is 1. The lowest BCUT2D eigenvalue weighted by Gasteiger charge is -2.17. The Hall–Kier alpha value is -3.14. The number of rotatable bonds is 4. The van der Waals surface area contributed by atoms with Crippen molar-refractivity contribution < 1.29 is 13.2 Å². The Labute approximate surface area is 167 Å². The molecule has 0 saturated carbocycles. The number of hydrogen-bond donors (Lipinski definition) is 2. The quantitative estimate of drug-likeness (QED) is 0.667. The number of hydrogen-bond acceptors (Lipinski definition) is 5. The normalized spacial score (nSPS) is 15.7. The van der Waals surface area contributed by atoms with Gasteiger partial charge in [0.1, 0.15) is 0 Å². The molecule has 1 saturated heterocycles. The molecular weight excluding hydrogens is 394 g/mol. The van der Waals surface area contributed by atoms with Crippen molar-refractivity contribution in [2.75, 3.05) is 21.9 Å². The molecule has 0 aliphatic carbocycles. The van der Waals surface area contributed by atoms with E-state index in [1.54, 1.807) is 35.7 Å². The van der Waals surface area contributed by atoms with Crippen LogP contribution in [-0.2, 0) is 21.2 Å². The molecule has 29 heavy (non-hydrogen) atoms. The minimum Gasteiger partial charge on any atom is -0.326 e. The van der Waals surface area contributed by atoms with E-state index in [1.165, 1.54) is 10.4 Å². The molecule has 1 aliphatic rings. The summed E-state index contributed by atoms with van der Waals surface area (Å²) in [6.07, 6.45) is 0.716. The van der Waals surface area contributed by atoms with Gasteiger partial charge in [-0.25, -0.2) is 17.9 Å². The van der Waals surface area contributed by atoms with E-state index in [0.717, 1.165) is 11.3 Å². The topological polar surface area (TPSA) is 117 Å². The van der Waals surface area contributed by atoms with Crippen molar-refractivity contribution in [3.8, 4) is 0 Å². The highest BCUT2D eigenvalue weighted by atomic mass is 32.2. The number of sulfonamides is 1. The first-order valence-electron chi connectivity index (χ1n) is 9.23. The van der Waals surface area contributed by atoms with Crippen LogP contribution >= 0.6 is 0 Å². The average Bonchev–Trinajstić information content (AvgIpc) is 3.20. The van der Waals surface area contributed by atoms with E-state index in [-0.39, 0.29) is 23.6 Å². The number of benzene rings is 1. The predicted molar refractivity (Wildman–Crippen MR) is 110 cm³/mol. The van der Waals surface area contributed by atoms with Crippen molar-refractivity contribution >= 4 is 33.0 Å². The zero-order valence-electron chi connectivity index (χ0n) is 16.1. The Bertz CT molecular complexity index is 1260. The van der Waals surface area contributed by atoms with Gasteiger partial charge in [0.2, 0.25) is 15.9 Å². The van der Waals surface area contributed by atoms with Gasteiger partial charge in [0.05, 0.1) is 17.9 Å². The molecule has 1 fully saturated rings. The maximum atomic E-state index is 12.5. The van der Waals surface area contributed by atoms with Crippen LogP contribution in [0.25, 0.3) is 5.65 Å². The van der Waals surface area contributed by atoms with Gasteiger partial charge in [-0.3, -0.25) is 19.0 Å². The van der Waals surface area contributed by atoms with Gasteiger partial charge >= 0.3 is 0 Å². The lowest BCUT2D eigenvalue weighted by atomic mass is 10.1. The van der Waals surface area contributed by atoms with Crippen LogP contribution in [0.15, 0.2) is 35.1 Å². The zero-order chi connectivity index (χ0) is 20.8. The number of carbonyl (C=O) groups excluding carboxylic acids is 1. The summed E-state index contributed by atoms with van der Waals surface area (Å²) in [7, 11) is -3.23. The number of nitrogens with one attached hydrogen (secondary N) is 2. The molecule has 152 valence electrons. The van der Waals surface area contributed by atoms with E-state index in [2.05, 4.69) is 15.4 Å². The Kier molecular flexibility index (Phi) is 4.65. The van der Waals surface area contributed by atoms with Crippen molar-refractivity contribution in [1.82, 2.24) is 14.6 Å².